The molecule has 0 unspecified atom stereocenters. The standard InChI is InChI=1S/C21H23B2F2N5O/c1-11-18(12(2)31-28-11)13-4-17-19(26-7-13)16(14-8-27-29(3)9-14)10-30(17)21(22,23)15-5-20(24,25)6-15/h4,7-10,15H,5-6,22-23H2,1-3H3. The quantitative estimate of drug-likeness (QED) is 0.476. The van der Waals surface area contributed by atoms with Crippen LogP contribution in [0.4, 0.5) is 8.78 Å². The summed E-state index contributed by atoms with van der Waals surface area (Å²) in [5.41, 5.74) is 6.21. The molecule has 10 heteroatoms. The van der Waals surface area contributed by atoms with Gasteiger partial charge in [-0.25, -0.2) is 8.78 Å². The van der Waals surface area contributed by atoms with Crippen molar-refractivity contribution in [3.05, 3.63) is 42.3 Å². The number of alkyl halides is 2. The van der Waals surface area contributed by atoms with Gasteiger partial charge in [-0.05, 0) is 31.2 Å². The number of hydrogen-bond donors (Lipinski definition) is 0. The number of aryl methyl sites for hydroxylation is 3. The highest BCUT2D eigenvalue weighted by Crippen LogP contribution is 2.49. The Kier molecular flexibility index (Phi) is 4.23. The normalized spacial score (nSPS) is 16.7. The second-order valence-electron chi connectivity index (χ2n) is 9.22. The lowest BCUT2D eigenvalue weighted by molar-refractivity contribution is -0.120. The molecule has 0 spiro atoms. The van der Waals surface area contributed by atoms with Crippen LogP contribution in [0.25, 0.3) is 33.3 Å². The van der Waals surface area contributed by atoms with Crippen molar-refractivity contribution in [3.63, 3.8) is 0 Å². The van der Waals surface area contributed by atoms with Gasteiger partial charge < -0.3 is 9.09 Å². The highest BCUT2D eigenvalue weighted by molar-refractivity contribution is 6.38. The molecule has 6 nitrogen and oxygen atoms in total. The summed E-state index contributed by atoms with van der Waals surface area (Å²) in [5, 5.41) is 7.86. The molecule has 0 amide bonds. The van der Waals surface area contributed by atoms with Gasteiger partial charge in [0.15, 0.2) is 0 Å². The fourth-order valence-corrected chi connectivity index (χ4v) is 4.74. The number of nitrogens with zero attached hydrogens (tertiary/aromatic N) is 5. The summed E-state index contributed by atoms with van der Waals surface area (Å²) in [7, 11) is 5.93. The van der Waals surface area contributed by atoms with E-state index in [0.717, 1.165) is 44.7 Å². The Morgan fingerprint density at radius 1 is 1.16 bits per heavy atom. The monoisotopic (exact) mass is 421 g/mol. The van der Waals surface area contributed by atoms with Crippen LogP contribution in [0, 0.1) is 19.8 Å². The lowest BCUT2D eigenvalue weighted by Crippen LogP contribution is -2.52. The molecule has 0 bridgehead atoms. The second-order valence-corrected chi connectivity index (χ2v) is 9.22. The van der Waals surface area contributed by atoms with Crippen LogP contribution in [0.2, 0.25) is 0 Å². The van der Waals surface area contributed by atoms with Gasteiger partial charge in [0.2, 0.25) is 5.92 Å². The van der Waals surface area contributed by atoms with Crippen LogP contribution in [-0.4, -0.2) is 46.1 Å². The van der Waals surface area contributed by atoms with Gasteiger partial charge in [-0.15, -0.1) is 0 Å². The van der Waals surface area contributed by atoms with Crippen molar-refractivity contribution in [3.8, 4) is 22.3 Å². The highest BCUT2D eigenvalue weighted by atomic mass is 19.3. The van der Waals surface area contributed by atoms with Crippen LogP contribution in [0.3, 0.4) is 0 Å². The van der Waals surface area contributed by atoms with Crippen molar-refractivity contribution in [2.24, 2.45) is 13.0 Å². The van der Waals surface area contributed by atoms with E-state index in [1.807, 2.05) is 55.2 Å². The second kappa shape index (κ2) is 6.55. The zero-order valence-electron chi connectivity index (χ0n) is 18.3. The molecule has 0 N–H and O–H groups in total. The van der Waals surface area contributed by atoms with Crippen LogP contribution in [0.5, 0.6) is 0 Å². The zero-order valence-corrected chi connectivity index (χ0v) is 18.3. The Balaban J connectivity index is 1.72. The predicted octanol–water partition coefficient (Wildman–Crippen LogP) is 2.63. The molecule has 4 aromatic heterocycles. The molecule has 0 aliphatic heterocycles. The van der Waals surface area contributed by atoms with E-state index in [1.165, 1.54) is 0 Å². The number of rotatable bonds is 4. The first-order valence-electron chi connectivity index (χ1n) is 10.4. The van der Waals surface area contributed by atoms with E-state index in [0.29, 0.717) is 0 Å². The van der Waals surface area contributed by atoms with E-state index in [-0.39, 0.29) is 18.8 Å². The third kappa shape index (κ3) is 3.11. The Bertz CT molecular complexity index is 1280. The molecule has 0 atom stereocenters. The highest BCUT2D eigenvalue weighted by Gasteiger charge is 2.52. The molecule has 5 rings (SSSR count). The number of fused-ring (bicyclic) bond motifs is 1. The molecule has 0 radical (unpaired) electrons. The van der Waals surface area contributed by atoms with Crippen molar-refractivity contribution in [2.45, 2.75) is 37.9 Å². The van der Waals surface area contributed by atoms with Gasteiger partial charge in [-0.1, -0.05) is 5.16 Å². The molecule has 0 saturated heterocycles. The van der Waals surface area contributed by atoms with Gasteiger partial charge in [-0.2, -0.15) is 5.10 Å². The smallest absolute Gasteiger partial charge is 0.248 e. The summed E-state index contributed by atoms with van der Waals surface area (Å²) in [6.45, 7) is 3.77. The Morgan fingerprint density at radius 2 is 1.90 bits per heavy atom. The van der Waals surface area contributed by atoms with Crippen molar-refractivity contribution >= 4 is 26.7 Å². The lowest BCUT2D eigenvalue weighted by Gasteiger charge is -2.46. The van der Waals surface area contributed by atoms with Gasteiger partial charge in [0.05, 0.1) is 22.9 Å². The van der Waals surface area contributed by atoms with Gasteiger partial charge in [0.25, 0.3) is 0 Å². The van der Waals surface area contributed by atoms with Crippen molar-refractivity contribution in [1.82, 2.24) is 24.5 Å². The topological polar surface area (TPSA) is 61.7 Å². The van der Waals surface area contributed by atoms with E-state index in [1.54, 1.807) is 10.9 Å². The molecule has 1 aliphatic carbocycles. The van der Waals surface area contributed by atoms with Gasteiger partial charge in [-0.3, -0.25) is 9.67 Å². The number of halogens is 2. The lowest BCUT2D eigenvalue weighted by atomic mass is 9.49. The van der Waals surface area contributed by atoms with Gasteiger partial charge >= 0.3 is 0 Å². The summed E-state index contributed by atoms with van der Waals surface area (Å²) in [4.78, 5) is 4.80. The van der Waals surface area contributed by atoms with E-state index in [9.17, 15) is 8.78 Å². The fraction of sp³-hybridized carbons (Fsp3) is 0.381. The molecule has 1 aliphatic rings. The first-order valence-corrected chi connectivity index (χ1v) is 10.4. The van der Waals surface area contributed by atoms with E-state index in [2.05, 4.69) is 20.9 Å². The van der Waals surface area contributed by atoms with Crippen LogP contribution >= 0.6 is 0 Å². The molecule has 4 heterocycles. The van der Waals surface area contributed by atoms with E-state index >= 15 is 0 Å². The third-order valence-corrected chi connectivity index (χ3v) is 6.69. The number of aromatic nitrogens is 5. The average Bonchev–Trinajstić information content (AvgIpc) is 3.36. The van der Waals surface area contributed by atoms with E-state index < -0.39 is 11.3 Å². The third-order valence-electron chi connectivity index (χ3n) is 6.69. The van der Waals surface area contributed by atoms with Crippen LogP contribution in [0.15, 0.2) is 35.4 Å². The van der Waals surface area contributed by atoms with E-state index in [4.69, 9.17) is 9.51 Å². The van der Waals surface area contributed by atoms with Crippen molar-refractivity contribution < 1.29 is 13.3 Å². The zero-order chi connectivity index (χ0) is 22.1. The number of pyridine rings is 1. The maximum atomic E-state index is 13.7. The van der Waals surface area contributed by atoms with Crippen molar-refractivity contribution in [2.75, 3.05) is 0 Å². The van der Waals surface area contributed by atoms with Crippen LogP contribution in [-0.2, 0) is 12.4 Å². The molecular formula is C21H23B2F2N5O. The maximum absolute atomic E-state index is 13.7. The Hall–Kier alpha value is -2.90. The summed E-state index contributed by atoms with van der Waals surface area (Å²) >= 11 is 0. The summed E-state index contributed by atoms with van der Waals surface area (Å²) in [5.74, 6) is -1.97. The Morgan fingerprint density at radius 3 is 2.48 bits per heavy atom. The SMILES string of the molecule is BC(B)(C1CC(F)(F)C1)n1cc(-c2cnn(C)c2)c2ncc(-c3c(C)noc3C)cc21. The minimum atomic E-state index is -2.57. The molecule has 31 heavy (non-hydrogen) atoms. The average molecular weight is 421 g/mol. The van der Waals surface area contributed by atoms with Gasteiger partial charge in [0, 0.05) is 60.7 Å². The first kappa shape index (κ1) is 20.0. The van der Waals surface area contributed by atoms with Crippen LogP contribution < -0.4 is 0 Å². The van der Waals surface area contributed by atoms with Crippen molar-refractivity contribution in [1.29, 1.82) is 0 Å². The molecule has 1 saturated carbocycles. The molecular weight excluding hydrogens is 398 g/mol. The summed E-state index contributed by atoms with van der Waals surface area (Å²) in [6.07, 6.45) is 7.39. The molecule has 0 aromatic carbocycles. The molecule has 4 aromatic rings. The summed E-state index contributed by atoms with van der Waals surface area (Å²) < 4.78 is 36.6. The molecule has 158 valence electrons. The largest absolute Gasteiger partial charge is 0.361 e. The first-order chi connectivity index (χ1) is 14.6. The molecule has 1 fully saturated rings. The van der Waals surface area contributed by atoms with Gasteiger partial charge in [0.1, 0.15) is 21.5 Å². The Labute approximate surface area is 180 Å². The minimum Gasteiger partial charge on any atom is -0.361 e. The minimum absolute atomic E-state index is 0.0983. The predicted molar refractivity (Wildman–Crippen MR) is 120 cm³/mol. The van der Waals surface area contributed by atoms with Crippen LogP contribution in [0.1, 0.15) is 24.3 Å². The maximum Gasteiger partial charge on any atom is 0.248 e. The summed E-state index contributed by atoms with van der Waals surface area (Å²) in [6, 6.07) is 2.06. The number of hydrogen-bond acceptors (Lipinski definition) is 4. The fourth-order valence-electron chi connectivity index (χ4n) is 4.74.